The Morgan fingerprint density at radius 3 is 2.29 bits per heavy atom. The van der Waals surface area contributed by atoms with Crippen LogP contribution in [-0.4, -0.2) is 12.2 Å². The Morgan fingerprint density at radius 2 is 1.79 bits per heavy atom. The van der Waals surface area contributed by atoms with Crippen LogP contribution in [-0.2, 0) is 4.74 Å². The summed E-state index contributed by atoms with van der Waals surface area (Å²) < 4.78 is 5.65. The summed E-state index contributed by atoms with van der Waals surface area (Å²) in [4.78, 5) is 0. The predicted octanol–water partition coefficient (Wildman–Crippen LogP) is 3.51. The van der Waals surface area contributed by atoms with Crippen LogP contribution in [0, 0.1) is 0 Å². The quantitative estimate of drug-likeness (QED) is 0.708. The van der Waals surface area contributed by atoms with Crippen molar-refractivity contribution in [3.8, 4) is 0 Å². The highest BCUT2D eigenvalue weighted by atomic mass is 16.5. The maximum atomic E-state index is 5.65. The lowest BCUT2D eigenvalue weighted by Crippen LogP contribution is -2.20. The minimum atomic E-state index is -0.0995. The van der Waals surface area contributed by atoms with Crippen molar-refractivity contribution in [1.29, 1.82) is 0 Å². The van der Waals surface area contributed by atoms with Gasteiger partial charge in [-0.15, -0.1) is 0 Å². The molecular weight excluding hydrogens is 172 g/mol. The van der Waals surface area contributed by atoms with Crippen molar-refractivity contribution in [3.63, 3.8) is 0 Å². The summed E-state index contributed by atoms with van der Waals surface area (Å²) in [6, 6.07) is 10.1. The van der Waals surface area contributed by atoms with Gasteiger partial charge in [0, 0.05) is 0 Å². The molecule has 0 radical (unpaired) electrons. The van der Waals surface area contributed by atoms with Gasteiger partial charge >= 0.3 is 0 Å². The molecular formula is C13H18O. The van der Waals surface area contributed by atoms with Gasteiger partial charge in [-0.25, -0.2) is 0 Å². The van der Waals surface area contributed by atoms with E-state index in [2.05, 4.69) is 6.58 Å². The molecule has 0 fully saturated rings. The molecule has 0 heterocycles. The van der Waals surface area contributed by atoms with Crippen molar-refractivity contribution in [2.45, 2.75) is 26.4 Å². The molecule has 0 spiro atoms. The van der Waals surface area contributed by atoms with Crippen LogP contribution in [0.3, 0.4) is 0 Å². The first kappa shape index (κ1) is 11.0. The van der Waals surface area contributed by atoms with Crippen LogP contribution in [0.5, 0.6) is 0 Å². The van der Waals surface area contributed by atoms with Crippen LogP contribution in [0.4, 0.5) is 0 Å². The molecule has 0 atom stereocenters. The summed E-state index contributed by atoms with van der Waals surface area (Å²) in [7, 11) is 0. The number of ether oxygens (including phenoxy) is 1. The highest BCUT2D eigenvalue weighted by Crippen LogP contribution is 2.15. The van der Waals surface area contributed by atoms with E-state index in [-0.39, 0.29) is 5.60 Å². The van der Waals surface area contributed by atoms with Crippen LogP contribution in [0.15, 0.2) is 36.9 Å². The van der Waals surface area contributed by atoms with Gasteiger partial charge in [-0.05, 0) is 31.9 Å². The number of rotatable bonds is 3. The zero-order valence-electron chi connectivity index (χ0n) is 9.21. The third kappa shape index (κ3) is 3.75. The normalized spacial score (nSPS) is 11.4. The van der Waals surface area contributed by atoms with Crippen molar-refractivity contribution in [2.24, 2.45) is 0 Å². The second-order valence-electron chi connectivity index (χ2n) is 4.37. The second kappa shape index (κ2) is 4.43. The number of hydrogen-bond acceptors (Lipinski definition) is 1. The van der Waals surface area contributed by atoms with Crippen molar-refractivity contribution < 1.29 is 4.74 Å². The monoisotopic (exact) mass is 190 g/mol. The Bertz CT molecular complexity index is 293. The van der Waals surface area contributed by atoms with Crippen molar-refractivity contribution in [2.75, 3.05) is 6.61 Å². The zero-order chi connectivity index (χ0) is 10.6. The third-order valence-electron chi connectivity index (χ3n) is 1.86. The Morgan fingerprint density at radius 1 is 1.21 bits per heavy atom. The molecule has 1 rings (SSSR count). The molecule has 0 unspecified atom stereocenters. The lowest BCUT2D eigenvalue weighted by atomic mass is 10.1. The molecule has 0 aliphatic rings. The highest BCUT2D eigenvalue weighted by molar-refractivity contribution is 5.63. The highest BCUT2D eigenvalue weighted by Gasteiger charge is 2.10. The average Bonchev–Trinajstić information content (AvgIpc) is 2.14. The molecule has 0 aromatic heterocycles. The molecule has 1 heteroatoms. The van der Waals surface area contributed by atoms with E-state index >= 15 is 0 Å². The molecule has 0 bridgehead atoms. The van der Waals surface area contributed by atoms with Crippen LogP contribution >= 0.6 is 0 Å². The first-order chi connectivity index (χ1) is 6.49. The Kier molecular flexibility index (Phi) is 3.48. The van der Waals surface area contributed by atoms with E-state index in [1.165, 1.54) is 0 Å². The van der Waals surface area contributed by atoms with Crippen LogP contribution in [0.2, 0.25) is 0 Å². The van der Waals surface area contributed by atoms with Crippen LogP contribution < -0.4 is 0 Å². The van der Waals surface area contributed by atoms with Gasteiger partial charge in [-0.3, -0.25) is 0 Å². The summed E-state index contributed by atoms with van der Waals surface area (Å²) in [5.74, 6) is 0. The number of hydrogen-bond donors (Lipinski definition) is 0. The largest absolute Gasteiger partial charge is 0.371 e. The molecule has 0 saturated heterocycles. The van der Waals surface area contributed by atoms with Gasteiger partial charge in [0.25, 0.3) is 0 Å². The van der Waals surface area contributed by atoms with Gasteiger partial charge in [0.1, 0.15) is 0 Å². The van der Waals surface area contributed by atoms with Gasteiger partial charge in [0.2, 0.25) is 0 Å². The molecule has 14 heavy (non-hydrogen) atoms. The van der Waals surface area contributed by atoms with Gasteiger partial charge in [0.15, 0.2) is 0 Å². The topological polar surface area (TPSA) is 9.23 Å². The Hall–Kier alpha value is -1.08. The lowest BCUT2D eigenvalue weighted by Gasteiger charge is -2.20. The Labute approximate surface area is 86.4 Å². The van der Waals surface area contributed by atoms with Gasteiger partial charge < -0.3 is 4.74 Å². The molecule has 0 amide bonds. The van der Waals surface area contributed by atoms with E-state index in [9.17, 15) is 0 Å². The molecule has 76 valence electrons. The van der Waals surface area contributed by atoms with Gasteiger partial charge in [0.05, 0.1) is 12.2 Å². The lowest BCUT2D eigenvalue weighted by molar-refractivity contribution is 0.0183. The molecule has 0 N–H and O–H groups in total. The second-order valence-corrected chi connectivity index (χ2v) is 4.37. The molecule has 1 aromatic rings. The van der Waals surface area contributed by atoms with E-state index in [1.54, 1.807) is 0 Å². The van der Waals surface area contributed by atoms with E-state index in [0.717, 1.165) is 11.1 Å². The van der Waals surface area contributed by atoms with Crippen molar-refractivity contribution in [1.82, 2.24) is 0 Å². The van der Waals surface area contributed by atoms with Crippen molar-refractivity contribution in [3.05, 3.63) is 42.5 Å². The molecule has 0 saturated carbocycles. The summed E-state index contributed by atoms with van der Waals surface area (Å²) in [6.45, 7) is 10.7. The SMILES string of the molecule is C=C(COC(C)(C)C)c1ccccc1. The molecule has 0 aliphatic heterocycles. The fourth-order valence-corrected chi connectivity index (χ4v) is 1.06. The molecule has 0 aliphatic carbocycles. The van der Waals surface area contributed by atoms with E-state index in [1.807, 2.05) is 51.1 Å². The standard InChI is InChI=1S/C13H18O/c1-11(10-14-13(2,3)4)12-8-6-5-7-9-12/h5-9H,1,10H2,2-4H3. The van der Waals surface area contributed by atoms with Crippen LogP contribution in [0.25, 0.3) is 5.57 Å². The maximum Gasteiger partial charge on any atom is 0.0724 e. The zero-order valence-corrected chi connectivity index (χ0v) is 9.21. The van der Waals surface area contributed by atoms with E-state index in [0.29, 0.717) is 6.61 Å². The minimum Gasteiger partial charge on any atom is -0.371 e. The summed E-state index contributed by atoms with van der Waals surface area (Å²) in [5, 5.41) is 0. The Balaban J connectivity index is 2.52. The third-order valence-corrected chi connectivity index (χ3v) is 1.86. The summed E-state index contributed by atoms with van der Waals surface area (Å²) in [5.41, 5.74) is 2.08. The van der Waals surface area contributed by atoms with Gasteiger partial charge in [-0.1, -0.05) is 36.9 Å². The van der Waals surface area contributed by atoms with Gasteiger partial charge in [-0.2, -0.15) is 0 Å². The fraction of sp³-hybridized carbons (Fsp3) is 0.385. The minimum absolute atomic E-state index is 0.0995. The average molecular weight is 190 g/mol. The number of benzene rings is 1. The summed E-state index contributed by atoms with van der Waals surface area (Å²) >= 11 is 0. The first-order valence-corrected chi connectivity index (χ1v) is 4.86. The first-order valence-electron chi connectivity index (χ1n) is 4.86. The fourth-order valence-electron chi connectivity index (χ4n) is 1.06. The predicted molar refractivity (Wildman–Crippen MR) is 61.2 cm³/mol. The molecule has 1 aromatic carbocycles. The molecule has 1 nitrogen and oxygen atoms in total. The van der Waals surface area contributed by atoms with Crippen molar-refractivity contribution >= 4 is 5.57 Å². The summed E-state index contributed by atoms with van der Waals surface area (Å²) in [6.07, 6.45) is 0. The smallest absolute Gasteiger partial charge is 0.0724 e. The van der Waals surface area contributed by atoms with E-state index in [4.69, 9.17) is 4.74 Å². The van der Waals surface area contributed by atoms with E-state index < -0.39 is 0 Å². The van der Waals surface area contributed by atoms with Crippen LogP contribution in [0.1, 0.15) is 26.3 Å². The maximum absolute atomic E-state index is 5.65.